The molecule has 1 heterocycles. The fourth-order valence-electron chi connectivity index (χ4n) is 1.80. The van der Waals surface area contributed by atoms with Gasteiger partial charge in [0.05, 0.1) is 17.6 Å². The van der Waals surface area contributed by atoms with Crippen LogP contribution < -0.4 is 15.2 Å². The Morgan fingerprint density at radius 3 is 2.57 bits per heavy atom. The average molecular weight is 408 g/mol. The molecule has 2 N–H and O–H groups in total. The van der Waals surface area contributed by atoms with Crippen molar-refractivity contribution in [1.82, 2.24) is 4.98 Å². The molecule has 2 unspecified atom stereocenters. The summed E-state index contributed by atoms with van der Waals surface area (Å²) in [6.45, 7) is 5.48. The molecule has 0 radical (unpaired) electrons. The van der Waals surface area contributed by atoms with Crippen LogP contribution in [0.25, 0.3) is 0 Å². The number of alkyl halides is 1. The fraction of sp³-hybridized carbons (Fsp3) is 0.667. The zero-order valence-electron chi connectivity index (χ0n) is 13.1. The van der Waals surface area contributed by atoms with E-state index in [1.54, 1.807) is 20.4 Å². The fourth-order valence-corrected chi connectivity index (χ4v) is 2.97. The lowest BCUT2D eigenvalue weighted by molar-refractivity contribution is 0.170. The first-order valence-corrected chi connectivity index (χ1v) is 8.31. The van der Waals surface area contributed by atoms with E-state index < -0.39 is 0 Å². The maximum atomic E-state index is 6.23. The summed E-state index contributed by atoms with van der Waals surface area (Å²) < 4.78 is 16.2. The van der Waals surface area contributed by atoms with Crippen LogP contribution in [-0.2, 0) is 4.74 Å². The molecule has 2 atom stereocenters. The number of rotatable bonds is 9. The van der Waals surface area contributed by atoms with Crippen LogP contribution in [0.5, 0.6) is 11.6 Å². The number of hydrogen-bond donors (Lipinski definition) is 1. The van der Waals surface area contributed by atoms with E-state index in [-0.39, 0.29) is 9.97 Å². The van der Waals surface area contributed by atoms with Gasteiger partial charge < -0.3 is 19.9 Å². The highest BCUT2D eigenvalue weighted by molar-refractivity contribution is 14.1. The van der Waals surface area contributed by atoms with Crippen LogP contribution in [-0.4, -0.2) is 38.5 Å². The minimum atomic E-state index is 0.0714. The maximum Gasteiger partial charge on any atom is 0.256 e. The van der Waals surface area contributed by atoms with E-state index >= 15 is 0 Å². The van der Waals surface area contributed by atoms with Crippen molar-refractivity contribution in [2.24, 2.45) is 11.7 Å². The van der Waals surface area contributed by atoms with Gasteiger partial charge in [-0.3, -0.25) is 0 Å². The number of ether oxygens (including phenoxy) is 3. The summed E-state index contributed by atoms with van der Waals surface area (Å²) in [4.78, 5) is 4.32. The van der Waals surface area contributed by atoms with Crippen LogP contribution in [0, 0.1) is 5.92 Å². The molecule has 6 heteroatoms. The summed E-state index contributed by atoms with van der Waals surface area (Å²) in [5, 5.41) is 0. The van der Waals surface area contributed by atoms with E-state index in [4.69, 9.17) is 19.9 Å². The standard InChI is InChI=1S/C15H25IN2O3/c1-10(2)14(17)13(16)11-8-12(15(20-4)18-9-11)21-7-5-6-19-3/h8-10,13-14H,5-7,17H2,1-4H3. The number of aromatic nitrogens is 1. The predicted molar refractivity (Wildman–Crippen MR) is 92.4 cm³/mol. The Balaban J connectivity index is 2.83. The molecule has 0 aromatic carbocycles. The molecule has 0 aliphatic rings. The molecule has 21 heavy (non-hydrogen) atoms. The van der Waals surface area contributed by atoms with Crippen LogP contribution >= 0.6 is 22.6 Å². The maximum absolute atomic E-state index is 6.23. The van der Waals surface area contributed by atoms with Crippen molar-refractivity contribution in [2.75, 3.05) is 27.4 Å². The number of hydrogen-bond acceptors (Lipinski definition) is 5. The van der Waals surface area contributed by atoms with Gasteiger partial charge in [0, 0.05) is 32.4 Å². The van der Waals surface area contributed by atoms with Gasteiger partial charge in [-0.05, 0) is 17.5 Å². The Hall–Kier alpha value is -0.600. The minimum absolute atomic E-state index is 0.0714. The molecule has 0 saturated heterocycles. The third-order valence-corrected chi connectivity index (χ3v) is 4.76. The number of methoxy groups -OCH3 is 2. The van der Waals surface area contributed by atoms with Crippen LogP contribution in [0.15, 0.2) is 12.3 Å². The second-order valence-corrected chi connectivity index (χ2v) is 6.54. The molecule has 120 valence electrons. The SMILES string of the molecule is COCCCOc1cc(C(I)C(N)C(C)C)cnc1OC. The lowest BCUT2D eigenvalue weighted by Crippen LogP contribution is -2.30. The zero-order chi connectivity index (χ0) is 15.8. The third-order valence-electron chi connectivity index (χ3n) is 3.21. The van der Waals surface area contributed by atoms with Crippen molar-refractivity contribution in [2.45, 2.75) is 30.2 Å². The largest absolute Gasteiger partial charge is 0.488 e. The summed E-state index contributed by atoms with van der Waals surface area (Å²) in [6, 6.07) is 2.04. The second-order valence-electron chi connectivity index (χ2n) is 5.19. The number of halogens is 1. The van der Waals surface area contributed by atoms with Gasteiger partial charge >= 0.3 is 0 Å². The molecule has 1 aromatic heterocycles. The smallest absolute Gasteiger partial charge is 0.256 e. The highest BCUT2D eigenvalue weighted by Gasteiger charge is 2.21. The molecule has 1 aromatic rings. The van der Waals surface area contributed by atoms with Gasteiger partial charge in [0.2, 0.25) is 0 Å². The van der Waals surface area contributed by atoms with Crippen LogP contribution in [0.1, 0.15) is 29.8 Å². The molecular formula is C15H25IN2O3. The van der Waals surface area contributed by atoms with Crippen molar-refractivity contribution in [3.8, 4) is 11.6 Å². The molecule has 0 saturated carbocycles. The number of pyridine rings is 1. The molecule has 0 fully saturated rings. The van der Waals surface area contributed by atoms with E-state index in [2.05, 4.69) is 41.4 Å². The zero-order valence-corrected chi connectivity index (χ0v) is 15.3. The van der Waals surface area contributed by atoms with Crippen molar-refractivity contribution >= 4 is 22.6 Å². The first-order valence-electron chi connectivity index (χ1n) is 7.06. The minimum Gasteiger partial charge on any atom is -0.488 e. The molecule has 0 aliphatic heterocycles. The van der Waals surface area contributed by atoms with Crippen LogP contribution in [0.4, 0.5) is 0 Å². The summed E-state index contributed by atoms with van der Waals surface area (Å²) in [7, 11) is 3.27. The number of nitrogens with zero attached hydrogens (tertiary/aromatic N) is 1. The Bertz CT molecular complexity index is 429. The average Bonchev–Trinajstić information content (AvgIpc) is 2.49. The van der Waals surface area contributed by atoms with Gasteiger partial charge in [-0.15, -0.1) is 0 Å². The number of nitrogens with two attached hydrogens (primary N) is 1. The molecule has 0 aliphatic carbocycles. The van der Waals surface area contributed by atoms with Crippen LogP contribution in [0.3, 0.4) is 0 Å². The van der Waals surface area contributed by atoms with Gasteiger partial charge in [0.15, 0.2) is 5.75 Å². The highest BCUT2D eigenvalue weighted by Crippen LogP contribution is 2.34. The van der Waals surface area contributed by atoms with Crippen molar-refractivity contribution in [3.63, 3.8) is 0 Å². The van der Waals surface area contributed by atoms with E-state index in [1.165, 1.54) is 0 Å². The van der Waals surface area contributed by atoms with Crippen molar-refractivity contribution in [1.29, 1.82) is 0 Å². The molecule has 1 rings (SSSR count). The molecule has 0 bridgehead atoms. The first-order chi connectivity index (χ1) is 10.0. The van der Waals surface area contributed by atoms with Gasteiger partial charge in [-0.2, -0.15) is 0 Å². The van der Waals surface area contributed by atoms with Crippen LogP contribution in [0.2, 0.25) is 0 Å². The molecule has 0 spiro atoms. The Labute approximate surface area is 140 Å². The summed E-state index contributed by atoms with van der Waals surface area (Å²) in [6.07, 6.45) is 2.63. The summed E-state index contributed by atoms with van der Waals surface area (Å²) >= 11 is 2.36. The topological polar surface area (TPSA) is 66.6 Å². The highest BCUT2D eigenvalue weighted by atomic mass is 127. The Kier molecular flexibility index (Phi) is 8.28. The van der Waals surface area contributed by atoms with Gasteiger partial charge in [-0.25, -0.2) is 4.98 Å². The Morgan fingerprint density at radius 2 is 2.00 bits per heavy atom. The summed E-state index contributed by atoms with van der Waals surface area (Å²) in [5.74, 6) is 1.56. The van der Waals surface area contributed by atoms with Gasteiger partial charge in [0.25, 0.3) is 5.88 Å². The van der Waals surface area contributed by atoms with Gasteiger partial charge in [-0.1, -0.05) is 36.4 Å². The second kappa shape index (κ2) is 9.42. The lowest BCUT2D eigenvalue weighted by Gasteiger charge is -2.22. The van der Waals surface area contributed by atoms with Crippen molar-refractivity contribution < 1.29 is 14.2 Å². The van der Waals surface area contributed by atoms with Crippen molar-refractivity contribution in [3.05, 3.63) is 17.8 Å². The Morgan fingerprint density at radius 1 is 1.29 bits per heavy atom. The van der Waals surface area contributed by atoms with E-state index in [9.17, 15) is 0 Å². The quantitative estimate of drug-likeness (QED) is 0.387. The predicted octanol–water partition coefficient (Wildman–Crippen LogP) is 2.96. The molecule has 0 amide bonds. The molecule has 5 nitrogen and oxygen atoms in total. The lowest BCUT2D eigenvalue weighted by atomic mass is 9.98. The third kappa shape index (κ3) is 5.60. The van der Waals surface area contributed by atoms with E-state index in [0.29, 0.717) is 30.8 Å². The normalized spacial score (nSPS) is 14.0. The van der Waals surface area contributed by atoms with Gasteiger partial charge in [0.1, 0.15) is 0 Å². The monoisotopic (exact) mass is 408 g/mol. The van der Waals surface area contributed by atoms with E-state index in [1.807, 2.05) is 6.07 Å². The summed E-state index contributed by atoms with van der Waals surface area (Å²) in [5.41, 5.74) is 7.28. The van der Waals surface area contributed by atoms with E-state index in [0.717, 1.165) is 12.0 Å². The molecular weight excluding hydrogens is 383 g/mol. The first kappa shape index (κ1) is 18.4.